The van der Waals surface area contributed by atoms with Crippen LogP contribution >= 0.6 is 15.9 Å². The summed E-state index contributed by atoms with van der Waals surface area (Å²) in [6.07, 6.45) is 0. The van der Waals surface area contributed by atoms with Gasteiger partial charge in [-0.25, -0.2) is 0 Å². The van der Waals surface area contributed by atoms with Crippen LogP contribution in [-0.2, 0) is 0 Å². The first-order valence-electron chi connectivity index (χ1n) is 7.37. The fourth-order valence-electron chi connectivity index (χ4n) is 2.46. The van der Waals surface area contributed by atoms with E-state index in [1.807, 2.05) is 19.1 Å². The number of halogens is 1. The molecule has 0 saturated heterocycles. The number of benzene rings is 2. The molecule has 0 amide bonds. The van der Waals surface area contributed by atoms with Gasteiger partial charge in [-0.05, 0) is 61.3 Å². The smallest absolute Gasteiger partial charge is 0.119 e. The Bertz CT molecular complexity index is 580. The second-order valence-corrected chi connectivity index (χ2v) is 5.91. The van der Waals surface area contributed by atoms with Crippen molar-refractivity contribution in [1.82, 2.24) is 5.32 Å². The van der Waals surface area contributed by atoms with Gasteiger partial charge in [-0.3, -0.25) is 0 Å². The topological polar surface area (TPSA) is 21.3 Å². The molecule has 0 spiro atoms. The molecule has 1 N–H and O–H groups in total. The number of aryl methyl sites for hydroxylation is 1. The predicted octanol–water partition coefficient (Wildman–Crippen LogP) is 4.86. The van der Waals surface area contributed by atoms with Gasteiger partial charge in [0.1, 0.15) is 5.75 Å². The highest BCUT2D eigenvalue weighted by molar-refractivity contribution is 9.10. The van der Waals surface area contributed by atoms with Gasteiger partial charge in [-0.1, -0.05) is 41.1 Å². The molecule has 0 radical (unpaired) electrons. The van der Waals surface area contributed by atoms with E-state index >= 15 is 0 Å². The van der Waals surface area contributed by atoms with Gasteiger partial charge in [0.15, 0.2) is 0 Å². The van der Waals surface area contributed by atoms with E-state index in [-0.39, 0.29) is 6.04 Å². The second-order valence-electron chi connectivity index (χ2n) is 4.99. The lowest BCUT2D eigenvalue weighted by Gasteiger charge is -2.21. The fourth-order valence-corrected chi connectivity index (χ4v) is 2.84. The van der Waals surface area contributed by atoms with Crippen LogP contribution in [0.25, 0.3) is 0 Å². The largest absolute Gasteiger partial charge is 0.494 e. The summed E-state index contributed by atoms with van der Waals surface area (Å²) >= 11 is 3.57. The maximum atomic E-state index is 5.52. The lowest BCUT2D eigenvalue weighted by Crippen LogP contribution is -2.22. The first-order valence-corrected chi connectivity index (χ1v) is 8.17. The predicted molar refractivity (Wildman–Crippen MR) is 92.0 cm³/mol. The summed E-state index contributed by atoms with van der Waals surface area (Å²) in [6, 6.07) is 15.0. The molecule has 2 aromatic rings. The van der Waals surface area contributed by atoms with Crippen LogP contribution in [0.5, 0.6) is 5.75 Å². The van der Waals surface area contributed by atoms with Crippen LogP contribution < -0.4 is 10.1 Å². The van der Waals surface area contributed by atoms with Crippen LogP contribution in [0.2, 0.25) is 0 Å². The van der Waals surface area contributed by atoms with Gasteiger partial charge in [0.2, 0.25) is 0 Å². The molecule has 0 aliphatic rings. The third-order valence-corrected chi connectivity index (χ3v) is 3.98. The Hall–Kier alpha value is -1.32. The zero-order valence-electron chi connectivity index (χ0n) is 12.8. The Morgan fingerprint density at radius 2 is 1.81 bits per heavy atom. The molecule has 2 rings (SSSR count). The zero-order valence-corrected chi connectivity index (χ0v) is 14.4. The SMILES string of the molecule is CCNC(c1ccc(OCC)cc1)c1cc(Br)ccc1C. The van der Waals surface area contributed by atoms with Crippen LogP contribution in [0.3, 0.4) is 0 Å². The van der Waals surface area contributed by atoms with Crippen molar-refractivity contribution < 1.29 is 4.74 Å². The monoisotopic (exact) mass is 347 g/mol. The number of hydrogen-bond acceptors (Lipinski definition) is 2. The Morgan fingerprint density at radius 1 is 1.10 bits per heavy atom. The van der Waals surface area contributed by atoms with Crippen molar-refractivity contribution in [3.05, 3.63) is 63.6 Å². The first kappa shape index (κ1) is 16.1. The molecule has 0 aliphatic heterocycles. The van der Waals surface area contributed by atoms with Crippen LogP contribution in [0.1, 0.15) is 36.6 Å². The normalized spacial score (nSPS) is 12.2. The van der Waals surface area contributed by atoms with Crippen LogP contribution in [0, 0.1) is 6.92 Å². The molecule has 0 bridgehead atoms. The molecule has 0 saturated carbocycles. The minimum Gasteiger partial charge on any atom is -0.494 e. The molecule has 0 aromatic heterocycles. The molecule has 112 valence electrons. The quantitative estimate of drug-likeness (QED) is 0.805. The van der Waals surface area contributed by atoms with E-state index in [2.05, 4.69) is 65.4 Å². The summed E-state index contributed by atoms with van der Waals surface area (Å²) in [5.41, 5.74) is 3.84. The summed E-state index contributed by atoms with van der Waals surface area (Å²) < 4.78 is 6.63. The molecular formula is C18H22BrNO. The summed E-state index contributed by atoms with van der Waals surface area (Å²) in [5, 5.41) is 3.57. The highest BCUT2D eigenvalue weighted by atomic mass is 79.9. The third kappa shape index (κ3) is 4.08. The van der Waals surface area contributed by atoms with Gasteiger partial charge in [0.25, 0.3) is 0 Å². The molecule has 1 unspecified atom stereocenters. The Labute approximate surface area is 135 Å². The van der Waals surface area contributed by atoms with Gasteiger partial charge in [-0.15, -0.1) is 0 Å². The molecule has 0 heterocycles. The Balaban J connectivity index is 2.35. The number of hydrogen-bond donors (Lipinski definition) is 1. The average Bonchev–Trinajstić information content (AvgIpc) is 2.49. The zero-order chi connectivity index (χ0) is 15.2. The number of nitrogens with one attached hydrogen (secondary N) is 1. The highest BCUT2D eigenvalue weighted by Crippen LogP contribution is 2.28. The van der Waals surface area contributed by atoms with Crippen LogP contribution in [0.15, 0.2) is 46.9 Å². The number of ether oxygens (including phenoxy) is 1. The van der Waals surface area contributed by atoms with Crippen molar-refractivity contribution >= 4 is 15.9 Å². The molecule has 2 nitrogen and oxygen atoms in total. The van der Waals surface area contributed by atoms with E-state index in [1.54, 1.807) is 0 Å². The molecule has 2 aromatic carbocycles. The fraction of sp³-hybridized carbons (Fsp3) is 0.333. The van der Waals surface area contributed by atoms with E-state index in [0.717, 1.165) is 16.8 Å². The molecule has 3 heteroatoms. The Kier molecular flexibility index (Phi) is 5.83. The highest BCUT2D eigenvalue weighted by Gasteiger charge is 2.15. The van der Waals surface area contributed by atoms with Crippen LogP contribution in [-0.4, -0.2) is 13.2 Å². The van der Waals surface area contributed by atoms with Crippen molar-refractivity contribution in [2.24, 2.45) is 0 Å². The lowest BCUT2D eigenvalue weighted by atomic mass is 9.95. The van der Waals surface area contributed by atoms with Crippen molar-refractivity contribution in [2.75, 3.05) is 13.2 Å². The Morgan fingerprint density at radius 3 is 2.43 bits per heavy atom. The van der Waals surface area contributed by atoms with Crippen molar-refractivity contribution in [3.8, 4) is 5.75 Å². The van der Waals surface area contributed by atoms with Gasteiger partial charge < -0.3 is 10.1 Å². The molecular weight excluding hydrogens is 326 g/mol. The third-order valence-electron chi connectivity index (χ3n) is 3.48. The van der Waals surface area contributed by atoms with Crippen molar-refractivity contribution in [1.29, 1.82) is 0 Å². The van der Waals surface area contributed by atoms with Gasteiger partial charge >= 0.3 is 0 Å². The van der Waals surface area contributed by atoms with Gasteiger partial charge in [-0.2, -0.15) is 0 Å². The molecule has 21 heavy (non-hydrogen) atoms. The summed E-state index contributed by atoms with van der Waals surface area (Å²) in [7, 11) is 0. The number of rotatable bonds is 6. The summed E-state index contributed by atoms with van der Waals surface area (Å²) in [6.45, 7) is 7.90. The lowest BCUT2D eigenvalue weighted by molar-refractivity contribution is 0.340. The molecule has 0 aliphatic carbocycles. The van der Waals surface area contributed by atoms with E-state index in [4.69, 9.17) is 4.74 Å². The van der Waals surface area contributed by atoms with E-state index in [1.165, 1.54) is 16.7 Å². The van der Waals surface area contributed by atoms with E-state index in [0.29, 0.717) is 6.61 Å². The van der Waals surface area contributed by atoms with Crippen molar-refractivity contribution in [3.63, 3.8) is 0 Å². The molecule has 0 fully saturated rings. The second kappa shape index (κ2) is 7.62. The summed E-state index contributed by atoms with van der Waals surface area (Å²) in [4.78, 5) is 0. The van der Waals surface area contributed by atoms with Gasteiger partial charge in [0.05, 0.1) is 12.6 Å². The minimum absolute atomic E-state index is 0.197. The van der Waals surface area contributed by atoms with E-state index < -0.39 is 0 Å². The average molecular weight is 348 g/mol. The first-order chi connectivity index (χ1) is 10.2. The van der Waals surface area contributed by atoms with Crippen molar-refractivity contribution in [2.45, 2.75) is 26.8 Å². The van der Waals surface area contributed by atoms with Crippen LogP contribution in [0.4, 0.5) is 0 Å². The maximum Gasteiger partial charge on any atom is 0.119 e. The minimum atomic E-state index is 0.197. The van der Waals surface area contributed by atoms with Gasteiger partial charge in [0, 0.05) is 4.47 Å². The maximum absolute atomic E-state index is 5.52. The molecule has 1 atom stereocenters. The van der Waals surface area contributed by atoms with E-state index in [9.17, 15) is 0 Å². The standard InChI is InChI=1S/C18H22BrNO/c1-4-20-18(17-12-15(19)9-6-13(17)3)14-7-10-16(11-8-14)21-5-2/h6-12,18,20H,4-5H2,1-3H3. The summed E-state index contributed by atoms with van der Waals surface area (Å²) in [5.74, 6) is 0.919.